The highest BCUT2D eigenvalue weighted by Gasteiger charge is 2.24. The van der Waals surface area contributed by atoms with Crippen LogP contribution in [0.2, 0.25) is 0 Å². The molecule has 7 heteroatoms. The highest BCUT2D eigenvalue weighted by atomic mass is 16.5. The lowest BCUT2D eigenvalue weighted by Gasteiger charge is -2.33. The van der Waals surface area contributed by atoms with Crippen molar-refractivity contribution in [2.45, 2.75) is 26.5 Å². The van der Waals surface area contributed by atoms with Gasteiger partial charge in [-0.3, -0.25) is 4.90 Å². The maximum Gasteiger partial charge on any atom is 0.143 e. The van der Waals surface area contributed by atoms with Crippen molar-refractivity contribution in [1.82, 2.24) is 20.0 Å². The maximum absolute atomic E-state index is 6.05. The zero-order valence-electron chi connectivity index (χ0n) is 16.5. The van der Waals surface area contributed by atoms with E-state index in [1.807, 2.05) is 51.4 Å². The number of nitrogens with zero attached hydrogens (tertiary/aromatic N) is 4. The minimum Gasteiger partial charge on any atom is -0.373 e. The van der Waals surface area contributed by atoms with Gasteiger partial charge in [-0.25, -0.2) is 9.97 Å². The smallest absolute Gasteiger partial charge is 0.143 e. The summed E-state index contributed by atoms with van der Waals surface area (Å²) < 4.78 is 11.3. The molecule has 1 aliphatic rings. The van der Waals surface area contributed by atoms with E-state index in [2.05, 4.69) is 26.4 Å². The third-order valence-electron chi connectivity index (χ3n) is 5.06. The van der Waals surface area contributed by atoms with Gasteiger partial charge in [-0.2, -0.15) is 0 Å². The highest BCUT2D eigenvalue weighted by Crippen LogP contribution is 2.28. The summed E-state index contributed by atoms with van der Waals surface area (Å²) in [6.45, 7) is 7.03. The molecule has 3 aromatic rings. The Morgan fingerprint density at radius 3 is 2.89 bits per heavy atom. The number of morpholine rings is 1. The molecule has 1 aliphatic heterocycles. The van der Waals surface area contributed by atoms with Crippen LogP contribution >= 0.6 is 0 Å². The van der Waals surface area contributed by atoms with Crippen LogP contribution in [0.5, 0.6) is 0 Å². The van der Waals surface area contributed by atoms with E-state index >= 15 is 0 Å². The van der Waals surface area contributed by atoms with Crippen molar-refractivity contribution in [3.63, 3.8) is 0 Å². The summed E-state index contributed by atoms with van der Waals surface area (Å²) in [5.41, 5.74) is 4.80. The Hall–Kier alpha value is -2.77. The van der Waals surface area contributed by atoms with Gasteiger partial charge >= 0.3 is 0 Å². The van der Waals surface area contributed by atoms with E-state index in [4.69, 9.17) is 14.2 Å². The zero-order chi connectivity index (χ0) is 19.5. The Bertz CT molecular complexity index is 936. The van der Waals surface area contributed by atoms with E-state index in [1.54, 1.807) is 0 Å². The fraction of sp³-hybridized carbons (Fsp3) is 0.381. The molecular formula is C21H25N5O2. The van der Waals surface area contributed by atoms with Crippen LogP contribution in [0.15, 0.2) is 41.1 Å². The average Bonchev–Trinajstić information content (AvgIpc) is 3.07. The first-order valence-corrected chi connectivity index (χ1v) is 9.51. The minimum absolute atomic E-state index is 0.0659. The molecule has 0 bridgehead atoms. The van der Waals surface area contributed by atoms with Crippen LogP contribution in [0, 0.1) is 13.8 Å². The van der Waals surface area contributed by atoms with Crippen molar-refractivity contribution in [1.29, 1.82) is 0 Å². The Morgan fingerprint density at radius 2 is 2.11 bits per heavy atom. The van der Waals surface area contributed by atoms with E-state index in [0.717, 1.165) is 53.9 Å². The standard InChI is InChI=1S/C21H25N5O2/c1-14-20(15(2)28-25-14)18-8-4-7-17(24-18)19-13-26(10-11-27-19)12-16-6-5-9-23-21(16)22-3/h4-9,19H,10-13H2,1-3H3,(H,22,23). The van der Waals surface area contributed by atoms with Gasteiger partial charge < -0.3 is 14.6 Å². The molecule has 7 nitrogen and oxygen atoms in total. The van der Waals surface area contributed by atoms with Gasteiger partial charge in [0.1, 0.15) is 17.7 Å². The van der Waals surface area contributed by atoms with Crippen LogP contribution in [0.4, 0.5) is 5.82 Å². The van der Waals surface area contributed by atoms with Gasteiger partial charge in [-0.15, -0.1) is 0 Å². The Kier molecular flexibility index (Phi) is 5.36. The number of ether oxygens (including phenoxy) is 1. The lowest BCUT2D eigenvalue weighted by molar-refractivity contribution is -0.0349. The number of hydrogen-bond acceptors (Lipinski definition) is 7. The molecule has 1 N–H and O–H groups in total. The fourth-order valence-corrected chi connectivity index (χ4v) is 3.68. The topological polar surface area (TPSA) is 76.3 Å². The molecule has 1 fully saturated rings. The summed E-state index contributed by atoms with van der Waals surface area (Å²) in [6.07, 6.45) is 1.74. The van der Waals surface area contributed by atoms with Crippen LogP contribution < -0.4 is 5.32 Å². The van der Waals surface area contributed by atoms with Gasteiger partial charge in [-0.05, 0) is 32.0 Å². The number of nitrogens with one attached hydrogen (secondary N) is 1. The van der Waals surface area contributed by atoms with Crippen molar-refractivity contribution in [2.24, 2.45) is 0 Å². The minimum atomic E-state index is -0.0659. The number of rotatable bonds is 5. The molecule has 0 radical (unpaired) electrons. The lowest BCUT2D eigenvalue weighted by Crippen LogP contribution is -2.38. The molecule has 3 aromatic heterocycles. The molecule has 0 aromatic carbocycles. The van der Waals surface area contributed by atoms with E-state index in [1.165, 1.54) is 5.56 Å². The van der Waals surface area contributed by atoms with Crippen molar-refractivity contribution < 1.29 is 9.26 Å². The molecular weight excluding hydrogens is 354 g/mol. The molecule has 28 heavy (non-hydrogen) atoms. The van der Waals surface area contributed by atoms with Gasteiger partial charge in [0.2, 0.25) is 0 Å². The number of pyridine rings is 2. The quantitative estimate of drug-likeness (QED) is 0.728. The first kappa shape index (κ1) is 18.6. The molecule has 4 heterocycles. The highest BCUT2D eigenvalue weighted by molar-refractivity contribution is 5.63. The first-order chi connectivity index (χ1) is 13.7. The van der Waals surface area contributed by atoms with Crippen LogP contribution in [0.1, 0.15) is 28.8 Å². The van der Waals surface area contributed by atoms with Gasteiger partial charge in [0.15, 0.2) is 0 Å². The van der Waals surface area contributed by atoms with Crippen molar-refractivity contribution in [2.75, 3.05) is 32.1 Å². The second-order valence-electron chi connectivity index (χ2n) is 7.00. The van der Waals surface area contributed by atoms with Crippen molar-refractivity contribution in [3.8, 4) is 11.3 Å². The molecule has 4 rings (SSSR count). The summed E-state index contributed by atoms with van der Waals surface area (Å²) in [5.74, 6) is 1.70. The zero-order valence-corrected chi connectivity index (χ0v) is 16.5. The van der Waals surface area contributed by atoms with E-state index in [-0.39, 0.29) is 6.10 Å². The summed E-state index contributed by atoms with van der Waals surface area (Å²) in [5, 5.41) is 7.21. The molecule has 146 valence electrons. The van der Waals surface area contributed by atoms with E-state index in [9.17, 15) is 0 Å². The van der Waals surface area contributed by atoms with Crippen LogP contribution in [-0.2, 0) is 11.3 Å². The number of aromatic nitrogens is 3. The van der Waals surface area contributed by atoms with Crippen LogP contribution in [-0.4, -0.2) is 46.8 Å². The fourth-order valence-electron chi connectivity index (χ4n) is 3.68. The molecule has 1 unspecified atom stereocenters. The predicted octanol–water partition coefficient (Wildman–Crippen LogP) is 3.36. The first-order valence-electron chi connectivity index (χ1n) is 9.51. The average molecular weight is 379 g/mol. The monoisotopic (exact) mass is 379 g/mol. The predicted molar refractivity (Wildman–Crippen MR) is 107 cm³/mol. The SMILES string of the molecule is CNc1ncccc1CN1CCOC(c2cccc(-c3c(C)noc3C)n2)C1. The summed E-state index contributed by atoms with van der Waals surface area (Å²) in [6, 6.07) is 10.1. The third kappa shape index (κ3) is 3.76. The lowest BCUT2D eigenvalue weighted by atomic mass is 10.1. The third-order valence-corrected chi connectivity index (χ3v) is 5.06. The molecule has 0 amide bonds. The second-order valence-corrected chi connectivity index (χ2v) is 7.00. The van der Waals surface area contributed by atoms with Crippen LogP contribution in [0.25, 0.3) is 11.3 Å². The summed E-state index contributed by atoms with van der Waals surface area (Å²) >= 11 is 0. The number of anilines is 1. The molecule has 1 atom stereocenters. The summed E-state index contributed by atoms with van der Waals surface area (Å²) in [4.78, 5) is 11.6. The van der Waals surface area contributed by atoms with Crippen molar-refractivity contribution in [3.05, 3.63) is 59.2 Å². The maximum atomic E-state index is 6.05. The van der Waals surface area contributed by atoms with Gasteiger partial charge in [0.25, 0.3) is 0 Å². The number of aryl methyl sites for hydroxylation is 2. The number of hydrogen-bond donors (Lipinski definition) is 1. The van der Waals surface area contributed by atoms with E-state index < -0.39 is 0 Å². The van der Waals surface area contributed by atoms with E-state index in [0.29, 0.717) is 6.61 Å². The molecule has 0 aliphatic carbocycles. The summed E-state index contributed by atoms with van der Waals surface area (Å²) in [7, 11) is 1.90. The Morgan fingerprint density at radius 1 is 1.21 bits per heavy atom. The second kappa shape index (κ2) is 8.08. The Labute approximate surface area is 164 Å². The molecule has 1 saturated heterocycles. The largest absolute Gasteiger partial charge is 0.373 e. The van der Waals surface area contributed by atoms with Gasteiger partial charge in [-0.1, -0.05) is 17.3 Å². The van der Waals surface area contributed by atoms with Gasteiger partial charge in [0, 0.05) is 38.4 Å². The molecule has 0 spiro atoms. The molecule has 0 saturated carbocycles. The van der Waals surface area contributed by atoms with Crippen LogP contribution in [0.3, 0.4) is 0 Å². The van der Waals surface area contributed by atoms with Crippen molar-refractivity contribution >= 4 is 5.82 Å². The Balaban J connectivity index is 1.53. The van der Waals surface area contributed by atoms with Gasteiger partial charge in [0.05, 0.1) is 29.3 Å². The normalized spacial score (nSPS) is 17.6.